The van der Waals surface area contributed by atoms with E-state index < -0.39 is 0 Å². The van der Waals surface area contributed by atoms with Gasteiger partial charge in [0, 0.05) is 19.6 Å². The van der Waals surface area contributed by atoms with Crippen molar-refractivity contribution in [3.63, 3.8) is 0 Å². The minimum atomic E-state index is -0.259. The van der Waals surface area contributed by atoms with Crippen LogP contribution < -0.4 is 10.1 Å². The number of hydrogen-bond acceptors (Lipinski definition) is 4. The van der Waals surface area contributed by atoms with Crippen LogP contribution in [-0.4, -0.2) is 50.8 Å². The average molecular weight is 493 g/mol. The molecule has 5 nitrogen and oxygen atoms in total. The first-order valence-electron chi connectivity index (χ1n) is 11.9. The number of ether oxygens (including phenoxy) is 2. The normalized spacial score (nSPS) is 15.6. The van der Waals surface area contributed by atoms with Crippen LogP contribution in [0.2, 0.25) is 0 Å². The van der Waals surface area contributed by atoms with Gasteiger partial charge in [0.15, 0.2) is 0 Å². The number of benzene rings is 2. The predicted molar refractivity (Wildman–Crippen MR) is 136 cm³/mol. The van der Waals surface area contributed by atoms with Gasteiger partial charge in [0.25, 0.3) is 0 Å². The maximum atomic E-state index is 13.3. The van der Waals surface area contributed by atoms with Crippen LogP contribution in [0.25, 0.3) is 0 Å². The van der Waals surface area contributed by atoms with E-state index in [0.29, 0.717) is 13.2 Å². The summed E-state index contributed by atoms with van der Waals surface area (Å²) < 4.78 is 24.0. The molecule has 0 bridgehead atoms. The molecule has 1 N–H and O–H groups in total. The van der Waals surface area contributed by atoms with Gasteiger partial charge in [-0.05, 0) is 73.7 Å². The van der Waals surface area contributed by atoms with Crippen LogP contribution in [0.1, 0.15) is 43.9 Å². The SMILES string of the molecule is COCCOc1cccc(CCN2CCC(C(=O)N[C@@H](c3ccc(F)cc3)C(C)C)CC2)c1.Cl. The first-order chi connectivity index (χ1) is 16.0. The van der Waals surface area contributed by atoms with Gasteiger partial charge < -0.3 is 19.7 Å². The number of piperidine rings is 1. The van der Waals surface area contributed by atoms with Gasteiger partial charge in [0.05, 0.1) is 12.6 Å². The molecular formula is C27H38ClFN2O3. The lowest BCUT2D eigenvalue weighted by molar-refractivity contribution is -0.127. The van der Waals surface area contributed by atoms with E-state index in [-0.39, 0.29) is 42.0 Å². The van der Waals surface area contributed by atoms with Gasteiger partial charge in [0.1, 0.15) is 18.2 Å². The van der Waals surface area contributed by atoms with Crippen molar-refractivity contribution >= 4 is 18.3 Å². The van der Waals surface area contributed by atoms with Gasteiger partial charge in [0.2, 0.25) is 5.91 Å². The van der Waals surface area contributed by atoms with Gasteiger partial charge in [-0.3, -0.25) is 4.79 Å². The van der Waals surface area contributed by atoms with E-state index >= 15 is 0 Å². The summed E-state index contributed by atoms with van der Waals surface area (Å²) in [5.74, 6) is 0.985. The Morgan fingerprint density at radius 1 is 1.12 bits per heavy atom. The lowest BCUT2D eigenvalue weighted by Crippen LogP contribution is -2.42. The smallest absolute Gasteiger partial charge is 0.223 e. The Labute approximate surface area is 209 Å². The maximum Gasteiger partial charge on any atom is 0.223 e. The number of halogens is 2. The fourth-order valence-electron chi connectivity index (χ4n) is 4.32. The van der Waals surface area contributed by atoms with E-state index in [9.17, 15) is 9.18 Å². The third-order valence-electron chi connectivity index (χ3n) is 6.32. The molecule has 1 amide bonds. The van der Waals surface area contributed by atoms with Gasteiger partial charge in [-0.25, -0.2) is 4.39 Å². The Bertz CT molecular complexity index is 870. The molecule has 7 heteroatoms. The van der Waals surface area contributed by atoms with Gasteiger partial charge in [-0.1, -0.05) is 38.1 Å². The monoisotopic (exact) mass is 492 g/mol. The second-order valence-electron chi connectivity index (χ2n) is 9.14. The second-order valence-corrected chi connectivity index (χ2v) is 9.14. The van der Waals surface area contributed by atoms with E-state index in [4.69, 9.17) is 9.47 Å². The summed E-state index contributed by atoms with van der Waals surface area (Å²) in [5, 5.41) is 3.22. The summed E-state index contributed by atoms with van der Waals surface area (Å²) in [7, 11) is 1.67. The van der Waals surface area contributed by atoms with Crippen LogP contribution in [0.3, 0.4) is 0 Å². The molecule has 1 fully saturated rings. The Hall–Kier alpha value is -2.15. The minimum absolute atomic E-state index is 0. The zero-order valence-electron chi connectivity index (χ0n) is 20.5. The molecule has 2 aromatic carbocycles. The summed E-state index contributed by atoms with van der Waals surface area (Å²) in [6.07, 6.45) is 2.68. The number of methoxy groups -OCH3 is 1. The quantitative estimate of drug-likeness (QED) is 0.446. The molecular weight excluding hydrogens is 455 g/mol. The highest BCUT2D eigenvalue weighted by molar-refractivity contribution is 5.85. The van der Waals surface area contributed by atoms with Crippen LogP contribution in [0.15, 0.2) is 48.5 Å². The molecule has 1 saturated heterocycles. The van der Waals surface area contributed by atoms with E-state index in [2.05, 4.69) is 36.2 Å². The Morgan fingerprint density at radius 3 is 2.47 bits per heavy atom. The number of nitrogens with one attached hydrogen (secondary N) is 1. The van der Waals surface area contributed by atoms with Gasteiger partial charge >= 0.3 is 0 Å². The number of amides is 1. The first kappa shape index (κ1) is 28.1. The molecule has 1 aliphatic heterocycles. The average Bonchev–Trinajstić information content (AvgIpc) is 2.82. The number of likely N-dealkylation sites (tertiary alicyclic amines) is 1. The molecule has 0 saturated carbocycles. The highest BCUT2D eigenvalue weighted by atomic mass is 35.5. The van der Waals surface area contributed by atoms with Crippen molar-refractivity contribution < 1.29 is 18.7 Å². The maximum absolute atomic E-state index is 13.3. The number of carbonyl (C=O) groups is 1. The van der Waals surface area contributed by atoms with Crippen molar-refractivity contribution in [3.05, 3.63) is 65.5 Å². The van der Waals surface area contributed by atoms with Crippen LogP contribution in [0.5, 0.6) is 5.75 Å². The van der Waals surface area contributed by atoms with Gasteiger partial charge in [-0.2, -0.15) is 0 Å². The van der Waals surface area contributed by atoms with Crippen LogP contribution >= 0.6 is 12.4 Å². The van der Waals surface area contributed by atoms with Crippen molar-refractivity contribution in [2.24, 2.45) is 11.8 Å². The second kappa shape index (κ2) is 14.3. The zero-order chi connectivity index (χ0) is 23.6. The lowest BCUT2D eigenvalue weighted by Gasteiger charge is -2.33. The van der Waals surface area contributed by atoms with Crippen LogP contribution in [0.4, 0.5) is 4.39 Å². The highest BCUT2D eigenvalue weighted by Gasteiger charge is 2.27. The Balaban J connectivity index is 0.00000408. The molecule has 0 unspecified atom stereocenters. The fourth-order valence-corrected chi connectivity index (χ4v) is 4.32. The highest BCUT2D eigenvalue weighted by Crippen LogP contribution is 2.25. The van der Waals surface area contributed by atoms with Crippen molar-refractivity contribution in [2.75, 3.05) is 40.0 Å². The molecule has 1 heterocycles. The molecule has 1 atom stereocenters. The number of carbonyl (C=O) groups excluding carboxylic acids is 1. The fraction of sp³-hybridized carbons (Fsp3) is 0.519. The summed E-state index contributed by atoms with van der Waals surface area (Å²) in [5.41, 5.74) is 2.20. The predicted octanol–water partition coefficient (Wildman–Crippen LogP) is 5.04. The first-order valence-corrected chi connectivity index (χ1v) is 11.9. The molecule has 0 aromatic heterocycles. The minimum Gasteiger partial charge on any atom is -0.491 e. The summed E-state index contributed by atoms with van der Waals surface area (Å²) in [4.78, 5) is 15.4. The van der Waals surface area contributed by atoms with Crippen LogP contribution in [-0.2, 0) is 16.0 Å². The summed E-state index contributed by atoms with van der Waals surface area (Å²) >= 11 is 0. The number of nitrogens with zero attached hydrogens (tertiary/aromatic N) is 1. The molecule has 188 valence electrons. The number of rotatable bonds is 11. The standard InChI is InChI=1S/C27H37FN2O3.ClH/c1-20(2)26(22-7-9-24(28)10-8-22)29-27(31)23-12-15-30(16-13-23)14-11-21-5-4-6-25(19-21)33-18-17-32-3;/h4-10,19-20,23,26H,11-18H2,1-3H3,(H,29,31);1H/t26-;/m1./s1. The molecule has 1 aliphatic rings. The molecule has 3 rings (SSSR count). The van der Waals surface area contributed by atoms with Crippen LogP contribution in [0, 0.1) is 17.7 Å². The number of hydrogen-bond donors (Lipinski definition) is 1. The Morgan fingerprint density at radius 2 is 1.82 bits per heavy atom. The molecule has 0 aliphatic carbocycles. The largest absolute Gasteiger partial charge is 0.491 e. The lowest BCUT2D eigenvalue weighted by atomic mass is 9.92. The van der Waals surface area contributed by atoms with E-state index in [1.165, 1.54) is 17.7 Å². The zero-order valence-corrected chi connectivity index (χ0v) is 21.3. The molecule has 0 radical (unpaired) electrons. The summed E-state index contributed by atoms with van der Waals surface area (Å²) in [6, 6.07) is 14.6. The van der Waals surface area contributed by atoms with Crippen molar-refractivity contribution in [3.8, 4) is 5.75 Å². The van der Waals surface area contributed by atoms with E-state index in [1.54, 1.807) is 19.2 Å². The van der Waals surface area contributed by atoms with Crippen molar-refractivity contribution in [2.45, 2.75) is 39.2 Å². The third-order valence-corrected chi connectivity index (χ3v) is 6.32. The van der Waals surface area contributed by atoms with Gasteiger partial charge in [-0.15, -0.1) is 12.4 Å². The Kier molecular flexibility index (Phi) is 11.8. The topological polar surface area (TPSA) is 50.8 Å². The third kappa shape index (κ3) is 8.57. The summed E-state index contributed by atoms with van der Waals surface area (Å²) in [6.45, 7) is 8.10. The van der Waals surface area contributed by atoms with E-state index in [0.717, 1.165) is 50.2 Å². The van der Waals surface area contributed by atoms with E-state index in [1.807, 2.05) is 12.1 Å². The molecule has 2 aromatic rings. The van der Waals surface area contributed by atoms with Crippen molar-refractivity contribution in [1.29, 1.82) is 0 Å². The molecule has 34 heavy (non-hydrogen) atoms. The molecule has 0 spiro atoms. The van der Waals surface area contributed by atoms with Crippen molar-refractivity contribution in [1.82, 2.24) is 10.2 Å².